The SMILES string of the molecule is Cc1[nH]ncc1Nc1nccc(-c2ccc3c(c2)CN(C2CCOCC2)CC[C@H]3NC(=O)c2cn(C(C)(C)C)nn2)n1. The zero-order valence-electron chi connectivity index (χ0n) is 24.6. The maximum absolute atomic E-state index is 13.4. The number of ether oxygens (including phenoxy) is 1. The van der Waals surface area contributed by atoms with E-state index in [2.05, 4.69) is 59.2 Å². The van der Waals surface area contributed by atoms with Gasteiger partial charge in [0.1, 0.15) is 0 Å². The van der Waals surface area contributed by atoms with Crippen LogP contribution in [0.4, 0.5) is 11.6 Å². The monoisotopic (exact) mass is 570 g/mol. The second kappa shape index (κ2) is 11.6. The van der Waals surface area contributed by atoms with Crippen molar-refractivity contribution in [2.45, 2.75) is 71.1 Å². The number of aromatic nitrogens is 7. The van der Waals surface area contributed by atoms with Crippen LogP contribution in [0.15, 0.2) is 42.9 Å². The highest BCUT2D eigenvalue weighted by Crippen LogP contribution is 2.33. The summed E-state index contributed by atoms with van der Waals surface area (Å²) in [6.45, 7) is 11.3. The topological polar surface area (TPSA) is 139 Å². The molecule has 3 aromatic heterocycles. The first-order valence-electron chi connectivity index (χ1n) is 14.5. The summed E-state index contributed by atoms with van der Waals surface area (Å²) >= 11 is 0. The Bertz CT molecular complexity index is 1550. The maximum Gasteiger partial charge on any atom is 0.273 e. The first-order chi connectivity index (χ1) is 20.2. The fourth-order valence-corrected chi connectivity index (χ4v) is 5.61. The van der Waals surface area contributed by atoms with Crippen LogP contribution in [0.5, 0.6) is 0 Å². The first kappa shape index (κ1) is 28.0. The van der Waals surface area contributed by atoms with E-state index in [-0.39, 0.29) is 17.5 Å². The van der Waals surface area contributed by atoms with Crippen molar-refractivity contribution in [2.24, 2.45) is 0 Å². The van der Waals surface area contributed by atoms with E-state index in [4.69, 9.17) is 9.72 Å². The molecule has 0 saturated carbocycles. The van der Waals surface area contributed by atoms with Gasteiger partial charge in [-0.15, -0.1) is 5.10 Å². The number of hydrogen-bond acceptors (Lipinski definition) is 9. The number of carbonyl (C=O) groups is 1. The molecule has 1 saturated heterocycles. The van der Waals surface area contributed by atoms with Gasteiger partial charge in [-0.05, 0) is 70.2 Å². The van der Waals surface area contributed by atoms with Crippen molar-refractivity contribution in [3.8, 4) is 11.3 Å². The number of nitrogens with one attached hydrogen (secondary N) is 3. The number of anilines is 2. The number of aryl methyl sites for hydroxylation is 1. The zero-order chi connectivity index (χ0) is 29.3. The van der Waals surface area contributed by atoms with Crippen molar-refractivity contribution >= 4 is 17.5 Å². The highest BCUT2D eigenvalue weighted by molar-refractivity contribution is 5.92. The fourth-order valence-electron chi connectivity index (χ4n) is 5.61. The van der Waals surface area contributed by atoms with Crippen LogP contribution in [-0.4, -0.2) is 71.8 Å². The second-order valence-corrected chi connectivity index (χ2v) is 12.1. The van der Waals surface area contributed by atoms with E-state index in [0.717, 1.165) is 73.8 Å². The molecule has 42 heavy (non-hydrogen) atoms. The number of rotatable bonds is 6. The third kappa shape index (κ3) is 6.04. The van der Waals surface area contributed by atoms with Crippen molar-refractivity contribution in [1.29, 1.82) is 0 Å². The van der Waals surface area contributed by atoms with Crippen LogP contribution in [-0.2, 0) is 16.8 Å². The van der Waals surface area contributed by atoms with Gasteiger partial charge < -0.3 is 15.4 Å². The number of benzene rings is 1. The van der Waals surface area contributed by atoms with E-state index in [1.54, 1.807) is 23.3 Å². The Balaban J connectivity index is 1.29. The van der Waals surface area contributed by atoms with Gasteiger partial charge in [-0.1, -0.05) is 17.3 Å². The van der Waals surface area contributed by atoms with Crippen molar-refractivity contribution in [3.63, 3.8) is 0 Å². The lowest BCUT2D eigenvalue weighted by molar-refractivity contribution is 0.0309. The molecule has 3 N–H and O–H groups in total. The minimum atomic E-state index is -0.255. The minimum Gasteiger partial charge on any atom is -0.381 e. The fraction of sp³-hybridized carbons (Fsp3) is 0.467. The smallest absolute Gasteiger partial charge is 0.273 e. The van der Waals surface area contributed by atoms with Gasteiger partial charge >= 0.3 is 0 Å². The Kier molecular flexibility index (Phi) is 7.74. The van der Waals surface area contributed by atoms with Gasteiger partial charge in [0.2, 0.25) is 5.95 Å². The summed E-state index contributed by atoms with van der Waals surface area (Å²) in [5.74, 6) is 0.287. The zero-order valence-corrected chi connectivity index (χ0v) is 24.6. The molecule has 0 spiro atoms. The van der Waals surface area contributed by atoms with Gasteiger partial charge in [0, 0.05) is 44.1 Å². The van der Waals surface area contributed by atoms with E-state index in [1.807, 2.05) is 33.8 Å². The first-order valence-corrected chi connectivity index (χ1v) is 14.5. The van der Waals surface area contributed by atoms with E-state index >= 15 is 0 Å². The average molecular weight is 571 g/mol. The molecule has 12 nitrogen and oxygen atoms in total. The van der Waals surface area contributed by atoms with Crippen molar-refractivity contribution < 1.29 is 9.53 Å². The molecule has 2 aliphatic heterocycles. The molecule has 1 aromatic carbocycles. The second-order valence-electron chi connectivity index (χ2n) is 12.1. The summed E-state index contributed by atoms with van der Waals surface area (Å²) < 4.78 is 7.37. The third-order valence-corrected chi connectivity index (χ3v) is 8.05. The number of fused-ring (bicyclic) bond motifs is 1. The molecule has 0 radical (unpaired) electrons. The van der Waals surface area contributed by atoms with Gasteiger partial charge in [-0.3, -0.25) is 14.8 Å². The summed E-state index contributed by atoms with van der Waals surface area (Å²) in [5.41, 5.74) is 5.92. The van der Waals surface area contributed by atoms with Crippen molar-refractivity contribution in [2.75, 3.05) is 25.1 Å². The van der Waals surface area contributed by atoms with Gasteiger partial charge in [0.05, 0.1) is 41.0 Å². The quantitative estimate of drug-likeness (QED) is 0.312. The molecule has 0 bridgehead atoms. The van der Waals surface area contributed by atoms with Crippen LogP contribution in [0, 0.1) is 6.92 Å². The molecule has 4 aromatic rings. The van der Waals surface area contributed by atoms with Gasteiger partial charge in [-0.25, -0.2) is 14.6 Å². The maximum atomic E-state index is 13.4. The highest BCUT2D eigenvalue weighted by Gasteiger charge is 2.30. The minimum absolute atomic E-state index is 0.155. The Hall–Kier alpha value is -4.16. The highest BCUT2D eigenvalue weighted by atomic mass is 16.5. The van der Waals surface area contributed by atoms with E-state index in [9.17, 15) is 4.79 Å². The lowest BCUT2D eigenvalue weighted by Gasteiger charge is -2.33. The van der Waals surface area contributed by atoms with E-state index in [0.29, 0.717) is 17.7 Å². The molecule has 0 aliphatic carbocycles. The molecule has 5 heterocycles. The van der Waals surface area contributed by atoms with E-state index in [1.165, 1.54) is 5.56 Å². The van der Waals surface area contributed by atoms with E-state index < -0.39 is 0 Å². The van der Waals surface area contributed by atoms with Crippen LogP contribution in [0.1, 0.15) is 73.4 Å². The van der Waals surface area contributed by atoms with Crippen LogP contribution in [0.3, 0.4) is 0 Å². The lowest BCUT2D eigenvalue weighted by atomic mass is 9.96. The molecule has 0 unspecified atom stereocenters. The summed E-state index contributed by atoms with van der Waals surface area (Å²) in [7, 11) is 0. The molecule has 220 valence electrons. The third-order valence-electron chi connectivity index (χ3n) is 8.05. The van der Waals surface area contributed by atoms with Crippen molar-refractivity contribution in [3.05, 3.63) is 65.4 Å². The summed E-state index contributed by atoms with van der Waals surface area (Å²) in [4.78, 5) is 25.1. The molecular formula is C30H38N10O2. The van der Waals surface area contributed by atoms with Gasteiger partial charge in [0.15, 0.2) is 5.69 Å². The van der Waals surface area contributed by atoms with Crippen molar-refractivity contribution in [1.82, 2.24) is 45.4 Å². The number of hydrogen-bond donors (Lipinski definition) is 3. The molecular weight excluding hydrogens is 532 g/mol. The number of aromatic amines is 1. The lowest BCUT2D eigenvalue weighted by Crippen LogP contribution is -2.39. The number of nitrogens with zero attached hydrogens (tertiary/aromatic N) is 7. The normalized spacial score (nSPS) is 18.3. The van der Waals surface area contributed by atoms with Gasteiger partial charge in [-0.2, -0.15) is 5.10 Å². The Morgan fingerprint density at radius 1 is 1.14 bits per heavy atom. The molecule has 1 atom stereocenters. The van der Waals surface area contributed by atoms with Crippen LogP contribution in [0.2, 0.25) is 0 Å². The summed E-state index contributed by atoms with van der Waals surface area (Å²) in [5, 5.41) is 21.8. The predicted molar refractivity (Wildman–Crippen MR) is 158 cm³/mol. The molecule has 1 fully saturated rings. The number of amides is 1. The summed E-state index contributed by atoms with van der Waals surface area (Å²) in [6.07, 6.45) is 8.02. The molecule has 1 amide bonds. The summed E-state index contributed by atoms with van der Waals surface area (Å²) in [6, 6.07) is 8.62. The molecule has 2 aliphatic rings. The Morgan fingerprint density at radius 2 is 1.98 bits per heavy atom. The molecule has 12 heteroatoms. The standard InChI is InChI=1S/C30H38N10O2/c1-19-26(16-32-36-19)35-29-31-11-7-24(34-29)20-5-6-23-21(15-20)17-39(22-9-13-42-14-10-22)12-8-25(23)33-28(41)27-18-40(38-37-27)30(2,3)4/h5-7,11,15-16,18,22,25H,8-10,12-14,17H2,1-4H3,(H,32,36)(H,33,41)(H,31,34,35)/t25-/m1/s1. The predicted octanol–water partition coefficient (Wildman–Crippen LogP) is 4.12. The molecule has 6 rings (SSSR count). The van der Waals surface area contributed by atoms with Crippen LogP contribution < -0.4 is 10.6 Å². The number of H-pyrrole nitrogens is 1. The Morgan fingerprint density at radius 3 is 2.71 bits per heavy atom. The average Bonchev–Trinajstić information content (AvgIpc) is 3.61. The van der Waals surface area contributed by atoms with Crippen LogP contribution in [0.25, 0.3) is 11.3 Å². The van der Waals surface area contributed by atoms with Gasteiger partial charge in [0.25, 0.3) is 5.91 Å². The largest absolute Gasteiger partial charge is 0.381 e. The number of carbonyl (C=O) groups excluding carboxylic acids is 1. The Labute approximate surface area is 245 Å². The van der Waals surface area contributed by atoms with Crippen LogP contribution >= 0.6 is 0 Å².